The van der Waals surface area contributed by atoms with Gasteiger partial charge >= 0.3 is 11.9 Å². The molecule has 26 heavy (non-hydrogen) atoms. The number of hydrogen-bond donors (Lipinski definition) is 0. The molecule has 0 aliphatic carbocycles. The number of nitrogens with zero attached hydrogens (tertiary/aromatic N) is 1. The summed E-state index contributed by atoms with van der Waals surface area (Å²) in [6.07, 6.45) is 2.45. The summed E-state index contributed by atoms with van der Waals surface area (Å²) in [7, 11) is 1.55. The van der Waals surface area contributed by atoms with Crippen LogP contribution in [-0.4, -0.2) is 62.8 Å². The van der Waals surface area contributed by atoms with E-state index in [1.807, 2.05) is 27.7 Å². The van der Waals surface area contributed by atoms with Gasteiger partial charge in [-0.15, -0.1) is 0 Å². The highest BCUT2D eigenvalue weighted by Gasteiger charge is 2.36. The molecule has 0 aromatic carbocycles. The molecule has 1 aliphatic heterocycles. The zero-order valence-corrected chi connectivity index (χ0v) is 16.8. The predicted molar refractivity (Wildman–Crippen MR) is 96.4 cm³/mol. The van der Waals surface area contributed by atoms with Gasteiger partial charge in [0.2, 0.25) is 5.91 Å². The lowest BCUT2D eigenvalue weighted by molar-refractivity contribution is -0.159. The van der Waals surface area contributed by atoms with Crippen LogP contribution in [0.15, 0.2) is 0 Å². The number of esters is 2. The number of rotatable bonds is 11. The van der Waals surface area contributed by atoms with Crippen molar-refractivity contribution in [1.82, 2.24) is 4.90 Å². The van der Waals surface area contributed by atoms with Crippen LogP contribution in [0, 0.1) is 10.8 Å². The fraction of sp³-hybridized carbons (Fsp3) is 0.842. The summed E-state index contributed by atoms with van der Waals surface area (Å²) in [6.45, 7) is 9.20. The summed E-state index contributed by atoms with van der Waals surface area (Å²) >= 11 is 0. The van der Waals surface area contributed by atoms with Crippen LogP contribution in [0.2, 0.25) is 0 Å². The summed E-state index contributed by atoms with van der Waals surface area (Å²) in [5, 5.41) is 0. The van der Waals surface area contributed by atoms with Crippen LogP contribution in [0.1, 0.15) is 53.4 Å². The van der Waals surface area contributed by atoms with Crippen molar-refractivity contribution in [2.24, 2.45) is 10.8 Å². The van der Waals surface area contributed by atoms with Crippen molar-refractivity contribution in [3.63, 3.8) is 0 Å². The van der Waals surface area contributed by atoms with Gasteiger partial charge in [-0.1, -0.05) is 0 Å². The van der Waals surface area contributed by atoms with Gasteiger partial charge in [-0.05, 0) is 47.0 Å². The van der Waals surface area contributed by atoms with Gasteiger partial charge in [0.05, 0.1) is 24.0 Å². The zero-order valence-electron chi connectivity index (χ0n) is 16.8. The van der Waals surface area contributed by atoms with Crippen LogP contribution in [0.5, 0.6) is 0 Å². The highest BCUT2D eigenvalue weighted by atomic mass is 16.6. The Morgan fingerprint density at radius 2 is 1.50 bits per heavy atom. The highest BCUT2D eigenvalue weighted by molar-refractivity contribution is 5.78. The van der Waals surface area contributed by atoms with Gasteiger partial charge in [0.25, 0.3) is 0 Å². The average molecular weight is 371 g/mol. The number of methoxy groups -OCH3 is 1. The van der Waals surface area contributed by atoms with Crippen LogP contribution in [0.25, 0.3) is 0 Å². The number of amides is 1. The summed E-state index contributed by atoms with van der Waals surface area (Å²) in [5.74, 6) is -0.493. The topological polar surface area (TPSA) is 82.1 Å². The number of carbonyl (C=O) groups is 3. The van der Waals surface area contributed by atoms with Gasteiger partial charge in [0.15, 0.2) is 0 Å². The van der Waals surface area contributed by atoms with E-state index in [2.05, 4.69) is 0 Å². The second kappa shape index (κ2) is 9.90. The Hall–Kier alpha value is -1.63. The first-order chi connectivity index (χ1) is 12.1. The van der Waals surface area contributed by atoms with Gasteiger partial charge in [-0.3, -0.25) is 14.4 Å². The molecule has 7 nitrogen and oxygen atoms in total. The molecule has 1 fully saturated rings. The summed E-state index contributed by atoms with van der Waals surface area (Å²) in [4.78, 5) is 37.8. The van der Waals surface area contributed by atoms with E-state index in [0.717, 1.165) is 13.0 Å². The second-order valence-electron chi connectivity index (χ2n) is 8.02. The Labute approximate surface area is 156 Å². The van der Waals surface area contributed by atoms with E-state index in [1.54, 1.807) is 12.0 Å². The molecule has 0 N–H and O–H groups in total. The molecule has 150 valence electrons. The Morgan fingerprint density at radius 1 is 0.962 bits per heavy atom. The fourth-order valence-electron chi connectivity index (χ4n) is 2.63. The fourth-order valence-corrected chi connectivity index (χ4v) is 2.63. The van der Waals surface area contributed by atoms with E-state index in [9.17, 15) is 14.4 Å². The molecule has 0 atom stereocenters. The first-order valence-corrected chi connectivity index (χ1v) is 9.21. The molecule has 7 heteroatoms. The van der Waals surface area contributed by atoms with Gasteiger partial charge in [-0.2, -0.15) is 0 Å². The second-order valence-corrected chi connectivity index (χ2v) is 8.02. The summed E-state index contributed by atoms with van der Waals surface area (Å²) in [6, 6.07) is 0. The third kappa shape index (κ3) is 6.94. The number of carbonyl (C=O) groups excluding carboxylic acids is 3. The Morgan fingerprint density at radius 3 is 1.96 bits per heavy atom. The molecule has 0 spiro atoms. The van der Waals surface area contributed by atoms with Gasteiger partial charge in [-0.25, -0.2) is 0 Å². The van der Waals surface area contributed by atoms with E-state index < -0.39 is 10.8 Å². The smallest absolute Gasteiger partial charge is 0.311 e. The SMILES string of the molecule is COCCOC(=O)C(C)(C)CCC(C)(C)C(=O)OCCN1CCCC1=O. The van der Waals surface area contributed by atoms with Gasteiger partial charge in [0, 0.05) is 20.1 Å². The Balaban J connectivity index is 2.39. The third-order valence-corrected chi connectivity index (χ3v) is 4.77. The maximum atomic E-state index is 12.4. The largest absolute Gasteiger partial charge is 0.463 e. The minimum atomic E-state index is -0.709. The molecular formula is C19H33NO6. The van der Waals surface area contributed by atoms with Crippen molar-refractivity contribution in [1.29, 1.82) is 0 Å². The maximum absolute atomic E-state index is 12.4. The molecule has 1 aliphatic rings. The molecule has 0 aromatic rings. The van der Waals surface area contributed by atoms with Crippen molar-refractivity contribution < 1.29 is 28.6 Å². The van der Waals surface area contributed by atoms with Crippen molar-refractivity contribution in [3.05, 3.63) is 0 Å². The molecule has 0 saturated carbocycles. The number of ether oxygens (including phenoxy) is 3. The molecule has 0 unspecified atom stereocenters. The number of likely N-dealkylation sites (tertiary alicyclic amines) is 1. The average Bonchev–Trinajstić information content (AvgIpc) is 2.98. The highest BCUT2D eigenvalue weighted by Crippen LogP contribution is 2.32. The quantitative estimate of drug-likeness (QED) is 0.409. The molecule has 1 amide bonds. The molecule has 0 aromatic heterocycles. The van der Waals surface area contributed by atoms with Gasteiger partial charge < -0.3 is 19.1 Å². The molecular weight excluding hydrogens is 338 g/mol. The van der Waals surface area contributed by atoms with Crippen LogP contribution in [0.3, 0.4) is 0 Å². The van der Waals surface area contributed by atoms with E-state index in [1.165, 1.54) is 0 Å². The molecule has 1 rings (SSSR count). The summed E-state index contributed by atoms with van der Waals surface area (Å²) < 4.78 is 15.4. The minimum absolute atomic E-state index is 0.119. The standard InChI is InChI=1S/C19H33NO6/c1-18(2,8-9-19(3,4)17(23)26-14-13-24-5)16(22)25-12-11-20-10-6-7-15(20)21/h6-14H2,1-5H3. The lowest BCUT2D eigenvalue weighted by Crippen LogP contribution is -2.34. The monoisotopic (exact) mass is 371 g/mol. The first-order valence-electron chi connectivity index (χ1n) is 9.21. The zero-order chi connectivity index (χ0) is 19.8. The van der Waals surface area contributed by atoms with E-state index in [4.69, 9.17) is 14.2 Å². The lowest BCUT2D eigenvalue weighted by atomic mass is 9.79. The predicted octanol–water partition coefficient (Wildman–Crippen LogP) is 2.17. The third-order valence-electron chi connectivity index (χ3n) is 4.77. The molecule has 0 radical (unpaired) electrons. The lowest BCUT2D eigenvalue weighted by Gasteiger charge is -2.28. The Kier molecular flexibility index (Phi) is 8.53. The van der Waals surface area contributed by atoms with E-state index in [-0.39, 0.29) is 31.1 Å². The van der Waals surface area contributed by atoms with Crippen LogP contribution < -0.4 is 0 Å². The van der Waals surface area contributed by atoms with Crippen LogP contribution in [-0.2, 0) is 28.6 Å². The first kappa shape index (κ1) is 22.4. The normalized spacial score (nSPS) is 15.3. The molecule has 1 heterocycles. The summed E-state index contributed by atoms with van der Waals surface area (Å²) in [5.41, 5.74) is -1.40. The van der Waals surface area contributed by atoms with Gasteiger partial charge in [0.1, 0.15) is 13.2 Å². The van der Waals surface area contributed by atoms with Crippen molar-refractivity contribution in [2.75, 3.05) is 40.0 Å². The number of hydrogen-bond acceptors (Lipinski definition) is 6. The van der Waals surface area contributed by atoms with E-state index in [0.29, 0.717) is 32.4 Å². The minimum Gasteiger partial charge on any atom is -0.463 e. The van der Waals surface area contributed by atoms with Crippen LogP contribution >= 0.6 is 0 Å². The van der Waals surface area contributed by atoms with Crippen LogP contribution in [0.4, 0.5) is 0 Å². The molecule has 0 bridgehead atoms. The maximum Gasteiger partial charge on any atom is 0.311 e. The molecule has 1 saturated heterocycles. The Bertz CT molecular complexity index is 500. The van der Waals surface area contributed by atoms with Crippen molar-refractivity contribution >= 4 is 17.8 Å². The van der Waals surface area contributed by atoms with E-state index >= 15 is 0 Å². The van der Waals surface area contributed by atoms with Crippen molar-refractivity contribution in [3.8, 4) is 0 Å². The van der Waals surface area contributed by atoms with Crippen molar-refractivity contribution in [2.45, 2.75) is 53.4 Å².